The minimum Gasteiger partial charge on any atom is -0.465 e. The van der Waals surface area contributed by atoms with Crippen molar-refractivity contribution in [3.8, 4) is 0 Å². The Labute approximate surface area is 170 Å². The van der Waals surface area contributed by atoms with E-state index in [2.05, 4.69) is 30.9 Å². The predicted octanol–water partition coefficient (Wildman–Crippen LogP) is 2.90. The van der Waals surface area contributed by atoms with E-state index in [-0.39, 0.29) is 17.5 Å². The van der Waals surface area contributed by atoms with Gasteiger partial charge >= 0.3 is 12.0 Å². The van der Waals surface area contributed by atoms with E-state index in [4.69, 9.17) is 0 Å². The van der Waals surface area contributed by atoms with Crippen LogP contribution in [0.1, 0.15) is 25.2 Å². The number of urea groups is 1. The van der Waals surface area contributed by atoms with Crippen LogP contribution in [-0.2, 0) is 11.3 Å². The van der Waals surface area contributed by atoms with Gasteiger partial charge in [0.2, 0.25) is 5.01 Å². The molecule has 1 aromatic heterocycles. The Kier molecular flexibility index (Phi) is 6.48. The molecule has 0 saturated heterocycles. The van der Waals surface area contributed by atoms with Crippen molar-refractivity contribution in [1.82, 2.24) is 15.5 Å². The summed E-state index contributed by atoms with van der Waals surface area (Å²) < 4.78 is 4.65. The first-order valence-corrected chi connectivity index (χ1v) is 9.29. The summed E-state index contributed by atoms with van der Waals surface area (Å²) in [6.07, 6.45) is 0. The summed E-state index contributed by atoms with van der Waals surface area (Å²) in [5, 5.41) is 16.4. The van der Waals surface area contributed by atoms with Crippen LogP contribution in [0.25, 0.3) is 0 Å². The third-order valence-corrected chi connectivity index (χ3v) is 4.56. The Morgan fingerprint density at radius 1 is 0.966 bits per heavy atom. The zero-order valence-electron chi connectivity index (χ0n) is 15.3. The number of nitrogens with one attached hydrogen (secondary N) is 3. The Morgan fingerprint density at radius 3 is 2.48 bits per heavy atom. The number of carbonyl (C=O) groups is 3. The highest BCUT2D eigenvalue weighted by molar-refractivity contribution is 7.13. The molecule has 0 spiro atoms. The number of nitrogens with zero attached hydrogens (tertiary/aromatic N) is 2. The number of hydrogen-bond acceptors (Lipinski definition) is 7. The Morgan fingerprint density at radius 2 is 1.72 bits per heavy atom. The largest absolute Gasteiger partial charge is 0.465 e. The first kappa shape index (κ1) is 20.0. The van der Waals surface area contributed by atoms with Crippen LogP contribution in [0.4, 0.5) is 16.2 Å². The molecule has 0 unspecified atom stereocenters. The molecule has 0 radical (unpaired) electrons. The summed E-state index contributed by atoms with van der Waals surface area (Å²) in [7, 11) is 1.28. The van der Waals surface area contributed by atoms with Gasteiger partial charge in [-0.25, -0.2) is 9.59 Å². The van der Waals surface area contributed by atoms with E-state index in [0.717, 1.165) is 11.3 Å². The van der Waals surface area contributed by atoms with Gasteiger partial charge in [-0.3, -0.25) is 4.79 Å². The molecule has 1 heterocycles. The number of ether oxygens (including phenoxy) is 1. The summed E-state index contributed by atoms with van der Waals surface area (Å²) in [6, 6.07) is 14.9. The maximum atomic E-state index is 12.2. The van der Waals surface area contributed by atoms with Gasteiger partial charge in [-0.1, -0.05) is 35.6 Å². The number of anilines is 2. The third-order valence-electron chi connectivity index (χ3n) is 3.63. The highest BCUT2D eigenvalue weighted by Gasteiger charge is 2.14. The molecule has 3 N–H and O–H groups in total. The van der Waals surface area contributed by atoms with Gasteiger partial charge in [0.1, 0.15) is 5.01 Å². The van der Waals surface area contributed by atoms with Gasteiger partial charge in [0.25, 0.3) is 5.91 Å². The summed E-state index contributed by atoms with van der Waals surface area (Å²) in [5.74, 6) is -0.867. The second kappa shape index (κ2) is 9.42. The molecule has 0 aliphatic carbocycles. The summed E-state index contributed by atoms with van der Waals surface area (Å²) in [5.41, 5.74) is 1.41. The molecule has 29 heavy (non-hydrogen) atoms. The van der Waals surface area contributed by atoms with E-state index in [1.807, 2.05) is 18.2 Å². The van der Waals surface area contributed by atoms with Crippen molar-refractivity contribution in [2.75, 3.05) is 17.7 Å². The monoisotopic (exact) mass is 411 g/mol. The standard InChI is InChI=1S/C19H17N5O4S/c1-28-18(26)12-6-5-9-14(10-12)22-19(27)20-11-15-23-24-17(29-15)16(25)21-13-7-3-2-4-8-13/h2-10H,11H2,1H3,(H,21,25)(H2,20,22,27). The first-order valence-electron chi connectivity index (χ1n) is 8.47. The first-order chi connectivity index (χ1) is 14.0. The van der Waals surface area contributed by atoms with E-state index in [0.29, 0.717) is 21.9 Å². The number of carbonyl (C=O) groups excluding carboxylic acids is 3. The number of hydrogen-bond donors (Lipinski definition) is 3. The molecule has 10 heteroatoms. The number of rotatable bonds is 6. The summed E-state index contributed by atoms with van der Waals surface area (Å²) in [6.45, 7) is 0.0960. The van der Waals surface area contributed by atoms with Crippen molar-refractivity contribution in [3.05, 3.63) is 70.2 Å². The zero-order valence-corrected chi connectivity index (χ0v) is 16.2. The summed E-state index contributed by atoms with van der Waals surface area (Å²) >= 11 is 1.08. The zero-order chi connectivity index (χ0) is 20.6. The second-order valence-corrected chi connectivity index (χ2v) is 6.76. The highest BCUT2D eigenvalue weighted by atomic mass is 32.1. The molecule has 0 saturated carbocycles. The topological polar surface area (TPSA) is 122 Å². The number of methoxy groups -OCH3 is 1. The minimum absolute atomic E-state index is 0.0960. The van der Waals surface area contributed by atoms with Crippen molar-refractivity contribution in [1.29, 1.82) is 0 Å². The van der Waals surface area contributed by atoms with Gasteiger partial charge in [0, 0.05) is 11.4 Å². The number of aromatic nitrogens is 2. The molecule has 148 valence electrons. The van der Waals surface area contributed by atoms with E-state index in [9.17, 15) is 14.4 Å². The lowest BCUT2D eigenvalue weighted by Crippen LogP contribution is -2.28. The SMILES string of the molecule is COC(=O)c1cccc(NC(=O)NCc2nnc(C(=O)Nc3ccccc3)s2)c1. The van der Waals surface area contributed by atoms with Crippen LogP contribution in [0.5, 0.6) is 0 Å². The molecule has 3 amide bonds. The normalized spacial score (nSPS) is 10.1. The fourth-order valence-corrected chi connectivity index (χ4v) is 2.97. The van der Waals surface area contributed by atoms with Crippen LogP contribution in [0, 0.1) is 0 Å². The lowest BCUT2D eigenvalue weighted by atomic mass is 10.2. The average Bonchev–Trinajstić information content (AvgIpc) is 3.22. The van der Waals surface area contributed by atoms with Crippen LogP contribution >= 0.6 is 11.3 Å². The Hall–Kier alpha value is -3.79. The van der Waals surface area contributed by atoms with E-state index < -0.39 is 12.0 Å². The summed E-state index contributed by atoms with van der Waals surface area (Å²) in [4.78, 5) is 35.8. The quantitative estimate of drug-likeness (QED) is 0.536. The third kappa shape index (κ3) is 5.59. The van der Waals surface area contributed by atoms with E-state index in [1.165, 1.54) is 13.2 Å². The molecule has 2 aromatic carbocycles. The second-order valence-electron chi connectivity index (χ2n) is 5.70. The predicted molar refractivity (Wildman–Crippen MR) is 108 cm³/mol. The van der Waals surface area contributed by atoms with Crippen molar-refractivity contribution >= 4 is 40.6 Å². The van der Waals surface area contributed by atoms with Crippen molar-refractivity contribution in [2.24, 2.45) is 0 Å². The number of esters is 1. The van der Waals surface area contributed by atoms with E-state index in [1.54, 1.807) is 30.3 Å². The smallest absolute Gasteiger partial charge is 0.337 e. The van der Waals surface area contributed by atoms with Gasteiger partial charge in [-0.15, -0.1) is 10.2 Å². The molecular weight excluding hydrogens is 394 g/mol. The molecule has 9 nitrogen and oxygen atoms in total. The molecule has 0 aliphatic heterocycles. The maximum absolute atomic E-state index is 12.2. The van der Waals surface area contributed by atoms with Gasteiger partial charge in [0.15, 0.2) is 0 Å². The molecule has 0 fully saturated rings. The Balaban J connectivity index is 1.52. The van der Waals surface area contributed by atoms with Gasteiger partial charge < -0.3 is 20.7 Å². The van der Waals surface area contributed by atoms with E-state index >= 15 is 0 Å². The molecule has 3 aromatic rings. The van der Waals surface area contributed by atoms with Crippen LogP contribution in [0.2, 0.25) is 0 Å². The Bertz CT molecular complexity index is 1020. The fourth-order valence-electron chi connectivity index (χ4n) is 2.30. The van der Waals surface area contributed by atoms with Gasteiger partial charge in [-0.05, 0) is 30.3 Å². The molecule has 0 aliphatic rings. The van der Waals surface area contributed by atoms with Crippen molar-refractivity contribution in [3.63, 3.8) is 0 Å². The highest BCUT2D eigenvalue weighted by Crippen LogP contribution is 2.14. The van der Waals surface area contributed by atoms with Gasteiger partial charge in [-0.2, -0.15) is 0 Å². The lowest BCUT2D eigenvalue weighted by Gasteiger charge is -2.07. The molecule has 0 bridgehead atoms. The van der Waals surface area contributed by atoms with Crippen molar-refractivity contribution in [2.45, 2.75) is 6.54 Å². The minimum atomic E-state index is -0.496. The van der Waals surface area contributed by atoms with Crippen LogP contribution in [0.15, 0.2) is 54.6 Å². The lowest BCUT2D eigenvalue weighted by molar-refractivity contribution is 0.0600. The van der Waals surface area contributed by atoms with Crippen molar-refractivity contribution < 1.29 is 19.1 Å². The molecule has 0 atom stereocenters. The molecular formula is C19H17N5O4S. The number of amides is 3. The van der Waals surface area contributed by atoms with Crippen LogP contribution < -0.4 is 16.0 Å². The van der Waals surface area contributed by atoms with Gasteiger partial charge in [0.05, 0.1) is 19.2 Å². The average molecular weight is 411 g/mol. The maximum Gasteiger partial charge on any atom is 0.337 e. The number of para-hydroxylation sites is 1. The van der Waals surface area contributed by atoms with Crippen LogP contribution in [-0.4, -0.2) is 35.2 Å². The number of benzene rings is 2. The molecule has 3 rings (SSSR count). The van der Waals surface area contributed by atoms with Crippen LogP contribution in [0.3, 0.4) is 0 Å². The fraction of sp³-hybridized carbons (Fsp3) is 0.105.